The van der Waals surface area contributed by atoms with Crippen molar-refractivity contribution < 1.29 is 14.7 Å². The van der Waals surface area contributed by atoms with E-state index in [0.29, 0.717) is 56.4 Å². The van der Waals surface area contributed by atoms with E-state index < -0.39 is 6.09 Å². The Kier molecular flexibility index (Phi) is 7.17. The number of likely N-dealkylation sites (N-methyl/N-ethyl adjacent to an activating group) is 1. The van der Waals surface area contributed by atoms with Crippen LogP contribution in [0.5, 0.6) is 0 Å². The van der Waals surface area contributed by atoms with Gasteiger partial charge in [-0.25, -0.2) is 4.79 Å². The molecule has 1 aromatic heterocycles. The molecule has 2 amide bonds. The smallest absolute Gasteiger partial charge is 0.407 e. The molecule has 1 N–H and O–H groups in total. The van der Waals surface area contributed by atoms with E-state index in [4.69, 9.17) is 16.9 Å². The number of piperidine rings is 1. The van der Waals surface area contributed by atoms with Crippen LogP contribution < -0.4 is 4.90 Å². The van der Waals surface area contributed by atoms with E-state index in [0.717, 1.165) is 5.56 Å². The van der Waals surface area contributed by atoms with Crippen LogP contribution in [0.15, 0.2) is 36.4 Å². The highest BCUT2D eigenvalue weighted by molar-refractivity contribution is 6.30. The highest BCUT2D eigenvalue weighted by atomic mass is 35.5. The lowest BCUT2D eigenvalue weighted by Crippen LogP contribution is -2.45. The molecule has 178 valence electrons. The summed E-state index contributed by atoms with van der Waals surface area (Å²) in [6.45, 7) is 4.38. The van der Waals surface area contributed by atoms with Gasteiger partial charge < -0.3 is 19.8 Å². The SMILES string of the molecule is CCN(C(=O)O)[C@@H]1CN(C(=O)C2CCN(c3ccc(C#N)nn3)CC2)C[C@H]1c1ccc(Cl)cc1. The van der Waals surface area contributed by atoms with Gasteiger partial charge >= 0.3 is 6.09 Å². The lowest BCUT2D eigenvalue weighted by atomic mass is 9.93. The summed E-state index contributed by atoms with van der Waals surface area (Å²) in [6, 6.07) is 12.5. The molecule has 9 nitrogen and oxygen atoms in total. The fourth-order valence-electron chi connectivity index (χ4n) is 5.00. The van der Waals surface area contributed by atoms with Crippen LogP contribution >= 0.6 is 11.6 Å². The summed E-state index contributed by atoms with van der Waals surface area (Å²) in [7, 11) is 0. The van der Waals surface area contributed by atoms with Crippen LogP contribution in [-0.4, -0.2) is 75.9 Å². The normalized spacial score (nSPS) is 20.7. The Balaban J connectivity index is 1.44. The van der Waals surface area contributed by atoms with Gasteiger partial charge in [0, 0.05) is 49.6 Å². The van der Waals surface area contributed by atoms with Crippen LogP contribution in [0.1, 0.15) is 36.9 Å². The number of nitrogens with zero attached hydrogens (tertiary/aromatic N) is 6. The second kappa shape index (κ2) is 10.3. The van der Waals surface area contributed by atoms with E-state index in [2.05, 4.69) is 15.1 Å². The largest absolute Gasteiger partial charge is 0.465 e. The standard InChI is InChI=1S/C24H27ClN6O3/c1-2-31(24(33)34)21-15-30(14-20(21)16-3-5-18(25)6-4-16)23(32)17-9-11-29(12-10-17)22-8-7-19(13-26)27-28-22/h3-8,17,20-21H,2,9-12,14-15H2,1H3,(H,33,34)/t20-,21+/m0/s1. The fourth-order valence-corrected chi connectivity index (χ4v) is 5.12. The maximum atomic E-state index is 13.4. The van der Waals surface area contributed by atoms with Crippen molar-refractivity contribution in [1.82, 2.24) is 20.0 Å². The number of aromatic nitrogens is 2. The zero-order chi connectivity index (χ0) is 24.2. The molecule has 4 rings (SSSR count). The number of halogens is 1. The number of carbonyl (C=O) groups excluding carboxylic acids is 1. The van der Waals surface area contributed by atoms with Crippen molar-refractivity contribution in [1.29, 1.82) is 5.26 Å². The number of hydrogen-bond donors (Lipinski definition) is 1. The number of anilines is 1. The summed E-state index contributed by atoms with van der Waals surface area (Å²) in [5, 5.41) is 27.3. The maximum absolute atomic E-state index is 13.4. The number of nitriles is 1. The molecule has 0 spiro atoms. The summed E-state index contributed by atoms with van der Waals surface area (Å²) >= 11 is 6.05. The summed E-state index contributed by atoms with van der Waals surface area (Å²) < 4.78 is 0. The van der Waals surface area contributed by atoms with Gasteiger partial charge in [0.05, 0.1) is 6.04 Å². The van der Waals surface area contributed by atoms with E-state index in [1.807, 2.05) is 30.0 Å². The summed E-state index contributed by atoms with van der Waals surface area (Å²) in [4.78, 5) is 30.7. The van der Waals surface area contributed by atoms with Crippen molar-refractivity contribution in [2.24, 2.45) is 5.92 Å². The molecule has 2 fully saturated rings. The van der Waals surface area contributed by atoms with Crippen molar-refractivity contribution in [2.75, 3.05) is 37.6 Å². The predicted molar refractivity (Wildman–Crippen MR) is 127 cm³/mol. The molecule has 3 heterocycles. The van der Waals surface area contributed by atoms with Crippen molar-refractivity contribution in [3.8, 4) is 6.07 Å². The summed E-state index contributed by atoms with van der Waals surface area (Å²) in [5.41, 5.74) is 1.26. The van der Waals surface area contributed by atoms with Crippen molar-refractivity contribution in [2.45, 2.75) is 31.7 Å². The third-order valence-electron chi connectivity index (χ3n) is 6.82. The highest BCUT2D eigenvalue weighted by Gasteiger charge is 2.42. The molecule has 2 atom stereocenters. The molecule has 0 saturated carbocycles. The average Bonchev–Trinajstić information content (AvgIpc) is 3.29. The molecular formula is C24H27ClN6O3. The molecule has 2 aliphatic heterocycles. The van der Waals surface area contributed by atoms with Crippen LogP contribution in [0.3, 0.4) is 0 Å². The van der Waals surface area contributed by atoms with E-state index >= 15 is 0 Å². The maximum Gasteiger partial charge on any atom is 0.407 e. The topological polar surface area (TPSA) is 114 Å². The van der Waals surface area contributed by atoms with Gasteiger partial charge in [-0.2, -0.15) is 5.26 Å². The molecule has 0 unspecified atom stereocenters. The first kappa shape index (κ1) is 23.8. The third kappa shape index (κ3) is 4.92. The predicted octanol–water partition coefficient (Wildman–Crippen LogP) is 3.21. The number of likely N-dealkylation sites (tertiary alicyclic amines) is 1. The minimum Gasteiger partial charge on any atom is -0.465 e. The molecule has 2 saturated heterocycles. The molecule has 0 radical (unpaired) electrons. The molecular weight excluding hydrogens is 456 g/mol. The van der Waals surface area contributed by atoms with Gasteiger partial charge in [0.15, 0.2) is 11.5 Å². The van der Waals surface area contributed by atoms with Crippen molar-refractivity contribution >= 4 is 29.4 Å². The van der Waals surface area contributed by atoms with Crippen molar-refractivity contribution in [3.63, 3.8) is 0 Å². The monoisotopic (exact) mass is 482 g/mol. The second-order valence-corrected chi connectivity index (χ2v) is 9.12. The summed E-state index contributed by atoms with van der Waals surface area (Å²) in [5.74, 6) is 0.556. The third-order valence-corrected chi connectivity index (χ3v) is 7.07. The van der Waals surface area contributed by atoms with Gasteiger partial charge in [-0.1, -0.05) is 23.7 Å². The molecule has 10 heteroatoms. The zero-order valence-corrected chi connectivity index (χ0v) is 19.7. The van der Waals surface area contributed by atoms with Gasteiger partial charge in [-0.05, 0) is 49.6 Å². The van der Waals surface area contributed by atoms with Gasteiger partial charge in [0.2, 0.25) is 5.91 Å². The molecule has 0 bridgehead atoms. The van der Waals surface area contributed by atoms with Crippen LogP contribution in [-0.2, 0) is 4.79 Å². The Morgan fingerprint density at radius 2 is 1.85 bits per heavy atom. The molecule has 2 aliphatic rings. The van der Waals surface area contributed by atoms with Crippen LogP contribution in [0, 0.1) is 17.2 Å². The molecule has 34 heavy (non-hydrogen) atoms. The number of benzene rings is 1. The highest BCUT2D eigenvalue weighted by Crippen LogP contribution is 2.34. The van der Waals surface area contributed by atoms with Crippen molar-refractivity contribution in [3.05, 3.63) is 52.7 Å². The van der Waals surface area contributed by atoms with Crippen LogP contribution in [0.4, 0.5) is 10.6 Å². The first-order valence-corrected chi connectivity index (χ1v) is 11.8. The van der Waals surface area contributed by atoms with E-state index in [1.54, 1.807) is 24.3 Å². The number of amides is 2. The van der Waals surface area contributed by atoms with Gasteiger partial charge in [0.1, 0.15) is 6.07 Å². The number of carbonyl (C=O) groups is 2. The number of rotatable bonds is 5. The first-order valence-electron chi connectivity index (χ1n) is 11.4. The minimum atomic E-state index is -0.974. The van der Waals surface area contributed by atoms with E-state index in [-0.39, 0.29) is 29.5 Å². The lowest BCUT2D eigenvalue weighted by Gasteiger charge is -2.33. The second-order valence-electron chi connectivity index (χ2n) is 8.69. The van der Waals surface area contributed by atoms with E-state index in [9.17, 15) is 14.7 Å². The summed E-state index contributed by atoms with van der Waals surface area (Å²) in [6.07, 6.45) is 0.394. The quantitative estimate of drug-likeness (QED) is 0.695. The van der Waals surface area contributed by atoms with E-state index in [1.165, 1.54) is 4.90 Å². The molecule has 2 aromatic rings. The Morgan fingerprint density at radius 3 is 2.41 bits per heavy atom. The minimum absolute atomic E-state index is 0.0773. The van der Waals surface area contributed by atoms with Gasteiger partial charge in [-0.15, -0.1) is 10.2 Å². The number of hydrogen-bond acceptors (Lipinski definition) is 6. The number of carboxylic acid groups (broad SMARTS) is 1. The Bertz CT molecular complexity index is 1060. The fraction of sp³-hybridized carbons (Fsp3) is 0.458. The zero-order valence-electron chi connectivity index (χ0n) is 19.0. The Labute approximate surface area is 203 Å². The Morgan fingerprint density at radius 1 is 1.15 bits per heavy atom. The van der Waals surface area contributed by atoms with Crippen LogP contribution in [0.25, 0.3) is 0 Å². The Hall–Kier alpha value is -3.38. The molecule has 0 aliphatic carbocycles. The van der Waals surface area contributed by atoms with Crippen LogP contribution in [0.2, 0.25) is 5.02 Å². The lowest BCUT2D eigenvalue weighted by molar-refractivity contribution is -0.135. The first-order chi connectivity index (χ1) is 16.4. The van der Waals surface area contributed by atoms with Gasteiger partial charge in [0.25, 0.3) is 0 Å². The van der Waals surface area contributed by atoms with Gasteiger partial charge in [-0.3, -0.25) is 4.79 Å². The molecule has 1 aromatic carbocycles. The average molecular weight is 483 g/mol.